The molecule has 1 atom stereocenters. The third kappa shape index (κ3) is 25.7. The van der Waals surface area contributed by atoms with Gasteiger partial charge in [0.25, 0.3) is 0 Å². The number of aliphatic hydroxyl groups is 2. The Morgan fingerprint density at radius 1 is 0.575 bits per heavy atom. The van der Waals surface area contributed by atoms with Crippen LogP contribution in [0.2, 0.25) is 0 Å². The van der Waals surface area contributed by atoms with E-state index in [4.69, 9.17) is 5.73 Å². The maximum atomic E-state index is 12.3. The standard InChI is InChI=1S/C36H69NO3/c1-3-5-7-9-11-13-15-17-18-20-22-24-26-28-30-32-34(39)36(40)35(37)33(38)31-29-27-25-23-21-19-16-14-12-10-8-6-4-2/h29,31,33,38,40H,3-28,30,32,37H2,1-2H3/b31-29+,36-35+/t33-/m1/s1. The van der Waals surface area contributed by atoms with Crippen LogP contribution in [0.25, 0.3) is 0 Å². The number of unbranched alkanes of at least 4 members (excludes halogenated alkanes) is 25. The first kappa shape index (κ1) is 38.7. The van der Waals surface area contributed by atoms with E-state index in [2.05, 4.69) is 13.8 Å². The summed E-state index contributed by atoms with van der Waals surface area (Å²) in [5, 5.41) is 20.4. The van der Waals surface area contributed by atoms with Crippen LogP contribution in [-0.4, -0.2) is 22.1 Å². The van der Waals surface area contributed by atoms with E-state index in [0.29, 0.717) is 6.42 Å². The third-order valence-corrected chi connectivity index (χ3v) is 8.16. The Morgan fingerprint density at radius 3 is 1.27 bits per heavy atom. The molecule has 0 spiro atoms. The summed E-state index contributed by atoms with van der Waals surface area (Å²) in [6, 6.07) is 0. The number of hydrogen-bond donors (Lipinski definition) is 3. The molecule has 0 aromatic carbocycles. The smallest absolute Gasteiger partial charge is 0.199 e. The van der Waals surface area contributed by atoms with Crippen LogP contribution in [0.15, 0.2) is 23.6 Å². The maximum Gasteiger partial charge on any atom is 0.199 e. The van der Waals surface area contributed by atoms with Gasteiger partial charge in [0.2, 0.25) is 0 Å². The van der Waals surface area contributed by atoms with Crippen molar-refractivity contribution in [3.05, 3.63) is 23.6 Å². The van der Waals surface area contributed by atoms with Gasteiger partial charge in [0.05, 0.1) is 5.70 Å². The number of hydrogen-bond acceptors (Lipinski definition) is 4. The fourth-order valence-electron chi connectivity index (χ4n) is 5.33. The van der Waals surface area contributed by atoms with Crippen molar-refractivity contribution in [1.29, 1.82) is 0 Å². The van der Waals surface area contributed by atoms with E-state index >= 15 is 0 Å². The van der Waals surface area contributed by atoms with E-state index < -0.39 is 11.9 Å². The quantitative estimate of drug-likeness (QED) is 0.0339. The molecule has 0 aromatic rings. The van der Waals surface area contributed by atoms with Crippen molar-refractivity contribution < 1.29 is 15.0 Å². The number of allylic oxidation sites excluding steroid dienone is 2. The topological polar surface area (TPSA) is 83.6 Å². The third-order valence-electron chi connectivity index (χ3n) is 8.16. The average molecular weight is 564 g/mol. The zero-order valence-electron chi connectivity index (χ0n) is 26.9. The van der Waals surface area contributed by atoms with Crippen LogP contribution in [-0.2, 0) is 4.79 Å². The van der Waals surface area contributed by atoms with E-state index in [9.17, 15) is 15.0 Å². The molecule has 0 bridgehead atoms. The normalized spacial score (nSPS) is 13.2. The van der Waals surface area contributed by atoms with Gasteiger partial charge in [0.1, 0.15) is 6.10 Å². The van der Waals surface area contributed by atoms with Crippen molar-refractivity contribution in [2.24, 2.45) is 5.73 Å². The summed E-state index contributed by atoms with van der Waals surface area (Å²) < 4.78 is 0. The van der Waals surface area contributed by atoms with Crippen molar-refractivity contribution in [1.82, 2.24) is 0 Å². The first-order valence-corrected chi connectivity index (χ1v) is 17.6. The predicted octanol–water partition coefficient (Wildman–Crippen LogP) is 11.2. The van der Waals surface area contributed by atoms with Gasteiger partial charge in [0, 0.05) is 6.42 Å². The van der Waals surface area contributed by atoms with E-state index in [-0.39, 0.29) is 11.5 Å². The Bertz CT molecular complexity index is 613. The number of ketones is 1. The number of carbonyl (C=O) groups excluding carboxylic acids is 1. The number of rotatable bonds is 31. The van der Waals surface area contributed by atoms with Gasteiger partial charge in [-0.3, -0.25) is 4.79 Å². The molecular formula is C36H69NO3. The second kappa shape index (κ2) is 30.7. The lowest BCUT2D eigenvalue weighted by Crippen LogP contribution is -2.21. The Kier molecular flexibility index (Phi) is 29.7. The number of carbonyl (C=O) groups is 1. The summed E-state index contributed by atoms with van der Waals surface area (Å²) in [6.07, 6.45) is 37.2. The van der Waals surface area contributed by atoms with Crippen LogP contribution in [0.1, 0.15) is 194 Å². The van der Waals surface area contributed by atoms with E-state index in [1.165, 1.54) is 141 Å². The Hall–Kier alpha value is -1.29. The van der Waals surface area contributed by atoms with Gasteiger partial charge >= 0.3 is 0 Å². The van der Waals surface area contributed by atoms with Crippen LogP contribution in [0.5, 0.6) is 0 Å². The molecule has 0 saturated carbocycles. The molecule has 236 valence electrons. The monoisotopic (exact) mass is 564 g/mol. The van der Waals surface area contributed by atoms with Crippen LogP contribution in [0.3, 0.4) is 0 Å². The summed E-state index contributed by atoms with van der Waals surface area (Å²) >= 11 is 0. The van der Waals surface area contributed by atoms with Crippen LogP contribution in [0.4, 0.5) is 0 Å². The number of aliphatic hydroxyl groups excluding tert-OH is 2. The number of nitrogens with two attached hydrogens (primary N) is 1. The van der Waals surface area contributed by atoms with Crippen LogP contribution < -0.4 is 5.73 Å². The summed E-state index contributed by atoms with van der Waals surface area (Å²) in [5.74, 6) is -0.817. The van der Waals surface area contributed by atoms with Gasteiger partial charge in [-0.1, -0.05) is 180 Å². The average Bonchev–Trinajstić information content (AvgIpc) is 2.96. The second-order valence-corrected chi connectivity index (χ2v) is 12.1. The lowest BCUT2D eigenvalue weighted by Gasteiger charge is -2.09. The molecule has 4 N–H and O–H groups in total. The zero-order valence-corrected chi connectivity index (χ0v) is 26.9. The minimum Gasteiger partial charge on any atom is -0.503 e. The Balaban J connectivity index is 3.71. The fraction of sp³-hybridized carbons (Fsp3) is 0.861. The number of Topliss-reactive ketones (excluding diaryl/α,β-unsaturated/α-hetero) is 1. The predicted molar refractivity (Wildman–Crippen MR) is 175 cm³/mol. The molecule has 0 saturated heterocycles. The SMILES string of the molecule is CCCCCCCCCCCCC/C=C/[C@@H](O)/C(N)=C(\O)C(=O)CCCCCCCCCCCCCCCCC. The van der Waals surface area contributed by atoms with Crippen molar-refractivity contribution in [2.45, 2.75) is 200 Å². The molecule has 0 heterocycles. The lowest BCUT2D eigenvalue weighted by molar-refractivity contribution is -0.118. The summed E-state index contributed by atoms with van der Waals surface area (Å²) in [5.41, 5.74) is 5.75. The molecule has 4 heteroatoms. The molecule has 0 aromatic heterocycles. The minimum absolute atomic E-state index is 0.124. The first-order valence-electron chi connectivity index (χ1n) is 17.6. The van der Waals surface area contributed by atoms with Gasteiger partial charge in [-0.05, 0) is 19.3 Å². The van der Waals surface area contributed by atoms with Crippen LogP contribution in [0, 0.1) is 0 Å². The Morgan fingerprint density at radius 2 is 0.900 bits per heavy atom. The van der Waals surface area contributed by atoms with Crippen molar-refractivity contribution in [3.63, 3.8) is 0 Å². The molecule has 4 nitrogen and oxygen atoms in total. The summed E-state index contributed by atoms with van der Waals surface area (Å²) in [6.45, 7) is 4.53. The molecule has 40 heavy (non-hydrogen) atoms. The highest BCUT2D eigenvalue weighted by Crippen LogP contribution is 2.16. The van der Waals surface area contributed by atoms with Gasteiger partial charge < -0.3 is 15.9 Å². The van der Waals surface area contributed by atoms with E-state index in [1.807, 2.05) is 6.08 Å². The van der Waals surface area contributed by atoms with Crippen LogP contribution >= 0.6 is 0 Å². The molecule has 0 rings (SSSR count). The highest BCUT2D eigenvalue weighted by atomic mass is 16.3. The van der Waals surface area contributed by atoms with Crippen molar-refractivity contribution in [3.8, 4) is 0 Å². The minimum atomic E-state index is -1.10. The fourth-order valence-corrected chi connectivity index (χ4v) is 5.33. The first-order chi connectivity index (χ1) is 19.5. The zero-order chi connectivity index (χ0) is 29.5. The molecule has 0 aliphatic rings. The van der Waals surface area contributed by atoms with Crippen molar-refractivity contribution in [2.75, 3.05) is 0 Å². The second-order valence-electron chi connectivity index (χ2n) is 12.1. The highest BCUT2D eigenvalue weighted by molar-refractivity contribution is 5.93. The molecule has 0 amide bonds. The Labute approximate surface area is 249 Å². The van der Waals surface area contributed by atoms with Gasteiger partial charge in [-0.25, -0.2) is 0 Å². The van der Waals surface area contributed by atoms with Crippen molar-refractivity contribution >= 4 is 5.78 Å². The molecule has 0 aliphatic carbocycles. The summed E-state index contributed by atoms with van der Waals surface area (Å²) in [7, 11) is 0. The van der Waals surface area contributed by atoms with Gasteiger partial charge in [-0.15, -0.1) is 0 Å². The summed E-state index contributed by atoms with van der Waals surface area (Å²) in [4.78, 5) is 12.3. The largest absolute Gasteiger partial charge is 0.503 e. The molecule has 0 aliphatic heterocycles. The molecule has 0 radical (unpaired) electrons. The lowest BCUT2D eigenvalue weighted by atomic mass is 10.0. The molecule has 0 unspecified atom stereocenters. The highest BCUT2D eigenvalue weighted by Gasteiger charge is 2.16. The molecule has 0 fully saturated rings. The van der Waals surface area contributed by atoms with Gasteiger partial charge in [-0.2, -0.15) is 0 Å². The maximum absolute atomic E-state index is 12.3. The molecular weight excluding hydrogens is 494 g/mol. The van der Waals surface area contributed by atoms with E-state index in [0.717, 1.165) is 32.1 Å². The van der Waals surface area contributed by atoms with E-state index in [1.54, 1.807) is 6.08 Å². The van der Waals surface area contributed by atoms with Gasteiger partial charge in [0.15, 0.2) is 11.5 Å².